The van der Waals surface area contributed by atoms with Gasteiger partial charge in [0.2, 0.25) is 6.29 Å². The van der Waals surface area contributed by atoms with Gasteiger partial charge in [-0.2, -0.15) is 8.78 Å². The van der Waals surface area contributed by atoms with Gasteiger partial charge < -0.3 is 14.2 Å². The molecule has 5 heteroatoms. The number of allylic oxidation sites excluding steroid dienone is 1. The fourth-order valence-electron chi connectivity index (χ4n) is 2.86. The van der Waals surface area contributed by atoms with Gasteiger partial charge in [0.25, 0.3) is 0 Å². The first-order chi connectivity index (χ1) is 13.6. The molecular formula is C23H22F2O3. The van der Waals surface area contributed by atoms with E-state index >= 15 is 0 Å². The normalized spacial score (nSPS) is 19.0. The fourth-order valence-corrected chi connectivity index (χ4v) is 2.86. The summed E-state index contributed by atoms with van der Waals surface area (Å²) in [5.74, 6) is 6.59. The zero-order valence-electron chi connectivity index (χ0n) is 15.4. The maximum atomic E-state index is 12.2. The summed E-state index contributed by atoms with van der Waals surface area (Å²) < 4.78 is 40.1. The van der Waals surface area contributed by atoms with Crippen molar-refractivity contribution in [1.29, 1.82) is 0 Å². The molecule has 1 aliphatic rings. The van der Waals surface area contributed by atoms with Crippen molar-refractivity contribution in [1.82, 2.24) is 0 Å². The molecule has 0 radical (unpaired) electrons. The van der Waals surface area contributed by atoms with Crippen LogP contribution in [0.25, 0.3) is 11.1 Å². The first kappa shape index (κ1) is 20.1. The van der Waals surface area contributed by atoms with E-state index in [9.17, 15) is 8.78 Å². The van der Waals surface area contributed by atoms with Gasteiger partial charge in [-0.05, 0) is 54.2 Å². The lowest BCUT2D eigenvalue weighted by molar-refractivity contribution is -0.169. The second kappa shape index (κ2) is 10.0. The molecule has 2 aromatic rings. The lowest BCUT2D eigenvalue weighted by atomic mass is 10.0. The van der Waals surface area contributed by atoms with Gasteiger partial charge >= 0.3 is 6.61 Å². The minimum Gasteiger partial charge on any atom is -0.435 e. The molecular weight excluding hydrogens is 362 g/mol. The quantitative estimate of drug-likeness (QED) is 0.502. The van der Waals surface area contributed by atoms with Gasteiger partial charge in [-0.1, -0.05) is 36.3 Å². The predicted octanol–water partition coefficient (Wildman–Crippen LogP) is 5.26. The van der Waals surface area contributed by atoms with Crippen molar-refractivity contribution in [3.05, 3.63) is 66.7 Å². The highest BCUT2D eigenvalue weighted by Gasteiger charge is 2.19. The fraction of sp³-hybridized carbons (Fsp3) is 0.304. The molecule has 1 heterocycles. The molecule has 0 bridgehead atoms. The topological polar surface area (TPSA) is 27.7 Å². The van der Waals surface area contributed by atoms with Crippen LogP contribution in [-0.4, -0.2) is 26.1 Å². The lowest BCUT2D eigenvalue weighted by Crippen LogP contribution is -2.31. The van der Waals surface area contributed by atoms with E-state index in [0.29, 0.717) is 19.1 Å². The van der Waals surface area contributed by atoms with E-state index in [2.05, 4.69) is 23.2 Å². The molecule has 1 saturated heterocycles. The molecule has 0 aliphatic carbocycles. The van der Waals surface area contributed by atoms with Crippen LogP contribution in [0, 0.1) is 17.8 Å². The molecule has 0 saturated carbocycles. The second-order valence-corrected chi connectivity index (χ2v) is 6.48. The molecule has 1 aliphatic heterocycles. The monoisotopic (exact) mass is 384 g/mol. The molecule has 0 atom stereocenters. The van der Waals surface area contributed by atoms with Crippen molar-refractivity contribution in [2.45, 2.75) is 25.7 Å². The number of ether oxygens (including phenoxy) is 3. The third kappa shape index (κ3) is 5.91. The van der Waals surface area contributed by atoms with Crippen LogP contribution in [0.1, 0.15) is 18.4 Å². The molecule has 0 spiro atoms. The van der Waals surface area contributed by atoms with Crippen molar-refractivity contribution in [3.63, 3.8) is 0 Å². The number of halogens is 2. The number of hydrogen-bond donors (Lipinski definition) is 0. The summed E-state index contributed by atoms with van der Waals surface area (Å²) in [5.41, 5.74) is 2.72. The molecule has 2 aromatic carbocycles. The Bertz CT molecular complexity index is 812. The van der Waals surface area contributed by atoms with Gasteiger partial charge in [0, 0.05) is 11.5 Å². The largest absolute Gasteiger partial charge is 0.435 e. The van der Waals surface area contributed by atoms with Crippen LogP contribution in [0.15, 0.2) is 61.2 Å². The Kier molecular flexibility index (Phi) is 7.18. The van der Waals surface area contributed by atoms with Crippen LogP contribution in [-0.2, 0) is 9.47 Å². The van der Waals surface area contributed by atoms with Crippen LogP contribution < -0.4 is 4.74 Å². The van der Waals surface area contributed by atoms with E-state index in [1.54, 1.807) is 12.1 Å². The number of benzene rings is 2. The van der Waals surface area contributed by atoms with E-state index in [4.69, 9.17) is 9.47 Å². The molecule has 3 nitrogen and oxygen atoms in total. The summed E-state index contributed by atoms with van der Waals surface area (Å²) in [6.45, 7) is 2.21. The molecule has 0 N–H and O–H groups in total. The highest BCUT2D eigenvalue weighted by atomic mass is 19.3. The minimum absolute atomic E-state index is 0.139. The molecule has 0 unspecified atom stereocenters. The number of alkyl halides is 2. The summed E-state index contributed by atoms with van der Waals surface area (Å²) in [6, 6.07) is 14.2. The first-order valence-corrected chi connectivity index (χ1v) is 9.15. The Morgan fingerprint density at radius 3 is 2.21 bits per heavy atom. The Balaban J connectivity index is 1.55. The minimum atomic E-state index is -2.82. The smallest absolute Gasteiger partial charge is 0.387 e. The van der Waals surface area contributed by atoms with Crippen molar-refractivity contribution in [2.75, 3.05) is 13.2 Å². The zero-order chi connectivity index (χ0) is 19.8. The SMILES string of the molecule is C=CCCC1COC(C#Cc2ccc(-c3ccc(OC(F)F)cc3)cc2)OC1. The van der Waals surface area contributed by atoms with Gasteiger partial charge in [-0.15, -0.1) is 6.58 Å². The molecule has 28 heavy (non-hydrogen) atoms. The summed E-state index contributed by atoms with van der Waals surface area (Å²) in [7, 11) is 0. The average molecular weight is 384 g/mol. The number of rotatable bonds is 6. The van der Waals surface area contributed by atoms with Crippen LogP contribution >= 0.6 is 0 Å². The molecule has 0 amide bonds. The maximum absolute atomic E-state index is 12.2. The van der Waals surface area contributed by atoms with Crippen LogP contribution in [0.2, 0.25) is 0 Å². The van der Waals surface area contributed by atoms with Crippen LogP contribution in [0.4, 0.5) is 8.78 Å². The van der Waals surface area contributed by atoms with Gasteiger partial charge in [0.1, 0.15) is 5.75 Å². The van der Waals surface area contributed by atoms with E-state index in [0.717, 1.165) is 29.5 Å². The molecule has 0 aromatic heterocycles. The highest BCUT2D eigenvalue weighted by molar-refractivity contribution is 5.65. The maximum Gasteiger partial charge on any atom is 0.387 e. The van der Waals surface area contributed by atoms with Gasteiger partial charge in [0.15, 0.2) is 0 Å². The third-order valence-electron chi connectivity index (χ3n) is 4.38. The third-order valence-corrected chi connectivity index (χ3v) is 4.38. The first-order valence-electron chi connectivity index (χ1n) is 9.15. The average Bonchev–Trinajstić information content (AvgIpc) is 2.72. The summed E-state index contributed by atoms with van der Waals surface area (Å²) in [6.07, 6.45) is 3.38. The second-order valence-electron chi connectivity index (χ2n) is 6.48. The van der Waals surface area contributed by atoms with Gasteiger partial charge in [-0.25, -0.2) is 0 Å². The van der Waals surface area contributed by atoms with E-state index in [-0.39, 0.29) is 5.75 Å². The van der Waals surface area contributed by atoms with E-state index in [1.807, 2.05) is 30.3 Å². The van der Waals surface area contributed by atoms with E-state index < -0.39 is 12.9 Å². The summed E-state index contributed by atoms with van der Waals surface area (Å²) in [4.78, 5) is 0. The Morgan fingerprint density at radius 1 is 1.04 bits per heavy atom. The van der Waals surface area contributed by atoms with Crippen LogP contribution in [0.3, 0.4) is 0 Å². The van der Waals surface area contributed by atoms with Gasteiger partial charge in [-0.3, -0.25) is 0 Å². The standard InChI is InChI=1S/C23H22F2O3/c1-2-3-4-18-15-26-22(27-16-18)14-7-17-5-8-19(9-6-17)20-10-12-21(13-11-20)28-23(24)25/h2,5-6,8-13,18,22-23H,1,3-4,15-16H2. The van der Waals surface area contributed by atoms with Crippen molar-refractivity contribution in [2.24, 2.45) is 5.92 Å². The molecule has 3 rings (SSSR count). The summed E-state index contributed by atoms with van der Waals surface area (Å²) in [5, 5.41) is 0. The van der Waals surface area contributed by atoms with E-state index in [1.165, 1.54) is 12.1 Å². The Labute approximate surface area is 163 Å². The number of hydrogen-bond acceptors (Lipinski definition) is 3. The Hall–Kier alpha value is -2.68. The Morgan fingerprint density at radius 2 is 1.64 bits per heavy atom. The van der Waals surface area contributed by atoms with Crippen molar-refractivity contribution in [3.8, 4) is 28.7 Å². The van der Waals surface area contributed by atoms with Crippen LogP contribution in [0.5, 0.6) is 5.75 Å². The molecule has 1 fully saturated rings. The summed E-state index contributed by atoms with van der Waals surface area (Å²) >= 11 is 0. The molecule has 146 valence electrons. The predicted molar refractivity (Wildman–Crippen MR) is 104 cm³/mol. The van der Waals surface area contributed by atoms with Crippen molar-refractivity contribution < 1.29 is 23.0 Å². The zero-order valence-corrected chi connectivity index (χ0v) is 15.4. The van der Waals surface area contributed by atoms with Gasteiger partial charge in [0.05, 0.1) is 13.2 Å². The highest BCUT2D eigenvalue weighted by Crippen LogP contribution is 2.23. The van der Waals surface area contributed by atoms with Crippen molar-refractivity contribution >= 4 is 0 Å². The lowest BCUT2D eigenvalue weighted by Gasteiger charge is -2.26.